The zero-order chi connectivity index (χ0) is 13.5. The van der Waals surface area contributed by atoms with Gasteiger partial charge < -0.3 is 5.32 Å². The van der Waals surface area contributed by atoms with Gasteiger partial charge in [0.1, 0.15) is 0 Å². The lowest BCUT2D eigenvalue weighted by molar-refractivity contribution is 0.197. The molecule has 3 rings (SSSR count). The summed E-state index contributed by atoms with van der Waals surface area (Å²) in [5.41, 5.74) is 3.26. The van der Waals surface area contributed by atoms with Gasteiger partial charge in [-0.2, -0.15) is 0 Å². The number of rotatable bonds is 1. The Kier molecular flexibility index (Phi) is 5.87. The lowest BCUT2D eigenvalue weighted by Crippen LogP contribution is -2.48. The molecule has 1 saturated carbocycles. The van der Waals surface area contributed by atoms with E-state index < -0.39 is 0 Å². The van der Waals surface area contributed by atoms with Crippen LogP contribution in [0.5, 0.6) is 0 Å². The highest BCUT2D eigenvalue weighted by Crippen LogP contribution is 2.35. The van der Waals surface area contributed by atoms with E-state index in [1.54, 1.807) is 11.1 Å². The van der Waals surface area contributed by atoms with Gasteiger partial charge in [-0.15, -0.1) is 0 Å². The van der Waals surface area contributed by atoms with Crippen LogP contribution in [0.3, 0.4) is 0 Å². The summed E-state index contributed by atoms with van der Waals surface area (Å²) in [5, 5.41) is 3.45. The number of hydrogen-bond donors (Lipinski definition) is 1. The first-order valence-corrected chi connectivity index (χ1v) is 7.94. The van der Waals surface area contributed by atoms with Crippen LogP contribution >= 0.6 is 0 Å². The number of piperazine rings is 1. The summed E-state index contributed by atoms with van der Waals surface area (Å²) < 4.78 is 0. The molecule has 0 amide bonds. The van der Waals surface area contributed by atoms with Crippen molar-refractivity contribution < 1.29 is 0 Å². The van der Waals surface area contributed by atoms with Crippen LogP contribution < -0.4 is 5.32 Å². The third-order valence-electron chi connectivity index (χ3n) is 4.15. The first-order chi connectivity index (χ1) is 9.45. The maximum absolute atomic E-state index is 3.45. The lowest BCUT2D eigenvalue weighted by Gasteiger charge is -2.33. The molecule has 3 aliphatic rings. The van der Waals surface area contributed by atoms with Crippen LogP contribution in [0, 0.1) is 0 Å². The molecule has 0 aromatic heterocycles. The van der Waals surface area contributed by atoms with Gasteiger partial charge >= 0.3 is 0 Å². The van der Waals surface area contributed by atoms with Gasteiger partial charge in [0.25, 0.3) is 0 Å². The summed E-state index contributed by atoms with van der Waals surface area (Å²) in [7, 11) is 0. The van der Waals surface area contributed by atoms with Crippen LogP contribution in [0.1, 0.15) is 39.5 Å². The van der Waals surface area contributed by atoms with Crippen molar-refractivity contribution in [1.82, 2.24) is 10.2 Å². The fourth-order valence-corrected chi connectivity index (χ4v) is 3.26. The molecule has 0 aromatic rings. The minimum atomic E-state index is 0.704. The molecule has 19 heavy (non-hydrogen) atoms. The van der Waals surface area contributed by atoms with Crippen molar-refractivity contribution in [2.24, 2.45) is 0 Å². The van der Waals surface area contributed by atoms with E-state index in [9.17, 15) is 0 Å². The molecule has 106 valence electrons. The summed E-state index contributed by atoms with van der Waals surface area (Å²) in [6, 6.07) is 0.704. The van der Waals surface area contributed by atoms with Crippen molar-refractivity contribution in [3.05, 3.63) is 35.5 Å². The lowest BCUT2D eigenvalue weighted by atomic mass is 10.0. The van der Waals surface area contributed by atoms with Crippen molar-refractivity contribution in [1.29, 1.82) is 0 Å². The molecule has 1 aliphatic heterocycles. The summed E-state index contributed by atoms with van der Waals surface area (Å²) >= 11 is 0. The van der Waals surface area contributed by atoms with E-state index in [4.69, 9.17) is 0 Å². The third kappa shape index (κ3) is 3.58. The quantitative estimate of drug-likeness (QED) is 0.728. The molecule has 0 bridgehead atoms. The van der Waals surface area contributed by atoms with E-state index in [2.05, 4.69) is 34.5 Å². The smallest absolute Gasteiger partial charge is 0.0351 e. The fourth-order valence-electron chi connectivity index (χ4n) is 3.26. The second-order valence-corrected chi connectivity index (χ2v) is 5.17. The Hall–Kier alpha value is -0.860. The molecule has 1 saturated heterocycles. The molecule has 1 unspecified atom stereocenters. The van der Waals surface area contributed by atoms with Crippen LogP contribution in [0.25, 0.3) is 0 Å². The number of nitrogens with one attached hydrogen (secondary N) is 1. The van der Waals surface area contributed by atoms with Crippen molar-refractivity contribution >= 4 is 0 Å². The Morgan fingerprint density at radius 3 is 2.47 bits per heavy atom. The zero-order valence-electron chi connectivity index (χ0n) is 12.5. The van der Waals surface area contributed by atoms with Crippen molar-refractivity contribution in [2.45, 2.75) is 45.6 Å². The molecule has 1 heterocycles. The minimum absolute atomic E-state index is 0.704. The molecular weight excluding hydrogens is 232 g/mol. The standard InChI is InChI=1S/C15H22N2.C2H6/c1-2-4-6-14-13(5-3-1)7-8-15(14)17-11-9-16-10-12-17;1-2/h1-2,5-6,15-16H,3-4,7-12H2;1-2H3/b2-1-,13-5?,14-6+;. The van der Waals surface area contributed by atoms with E-state index in [1.807, 2.05) is 13.8 Å². The highest BCUT2D eigenvalue weighted by molar-refractivity contribution is 5.41. The van der Waals surface area contributed by atoms with E-state index in [1.165, 1.54) is 25.9 Å². The van der Waals surface area contributed by atoms with Gasteiger partial charge in [0, 0.05) is 32.2 Å². The predicted molar refractivity (Wildman–Crippen MR) is 83.4 cm³/mol. The average molecular weight is 260 g/mol. The molecule has 2 aliphatic carbocycles. The summed E-state index contributed by atoms with van der Waals surface area (Å²) in [6.45, 7) is 8.74. The largest absolute Gasteiger partial charge is 0.314 e. The molecule has 2 fully saturated rings. The zero-order valence-corrected chi connectivity index (χ0v) is 12.5. The molecule has 1 atom stereocenters. The molecule has 0 spiro atoms. The predicted octanol–water partition coefficient (Wildman–Crippen LogP) is 3.28. The maximum Gasteiger partial charge on any atom is 0.0351 e. The van der Waals surface area contributed by atoms with Gasteiger partial charge in [-0.1, -0.05) is 38.2 Å². The van der Waals surface area contributed by atoms with Crippen LogP contribution in [0.2, 0.25) is 0 Å². The van der Waals surface area contributed by atoms with Crippen LogP contribution in [0.4, 0.5) is 0 Å². The first-order valence-electron chi connectivity index (χ1n) is 7.94. The van der Waals surface area contributed by atoms with Crippen LogP contribution in [0.15, 0.2) is 35.5 Å². The van der Waals surface area contributed by atoms with Crippen LogP contribution in [-0.2, 0) is 0 Å². The SMILES string of the molecule is C1=C2CCC(N3CCNCC3)/C2=C/C/C=C\C1.CC. The Morgan fingerprint density at radius 2 is 1.74 bits per heavy atom. The van der Waals surface area contributed by atoms with Gasteiger partial charge in [0.15, 0.2) is 0 Å². The summed E-state index contributed by atoms with van der Waals surface area (Å²) in [6.07, 6.45) is 14.3. The normalized spacial score (nSPS) is 31.8. The van der Waals surface area contributed by atoms with E-state index in [0.717, 1.165) is 25.9 Å². The maximum atomic E-state index is 3.45. The Bertz CT molecular complexity index is 359. The van der Waals surface area contributed by atoms with Gasteiger partial charge in [0.05, 0.1) is 0 Å². The van der Waals surface area contributed by atoms with Gasteiger partial charge in [-0.3, -0.25) is 4.90 Å². The molecule has 0 aromatic carbocycles. The molecule has 2 nitrogen and oxygen atoms in total. The topological polar surface area (TPSA) is 15.3 Å². The van der Waals surface area contributed by atoms with Gasteiger partial charge in [-0.05, 0) is 36.8 Å². The Morgan fingerprint density at radius 1 is 1.05 bits per heavy atom. The third-order valence-corrected chi connectivity index (χ3v) is 4.15. The average Bonchev–Trinajstić information content (AvgIpc) is 2.84. The van der Waals surface area contributed by atoms with Crippen molar-refractivity contribution in [3.8, 4) is 0 Å². The monoisotopic (exact) mass is 260 g/mol. The van der Waals surface area contributed by atoms with E-state index in [0.29, 0.717) is 6.04 Å². The van der Waals surface area contributed by atoms with Gasteiger partial charge in [-0.25, -0.2) is 0 Å². The minimum Gasteiger partial charge on any atom is -0.314 e. The van der Waals surface area contributed by atoms with Gasteiger partial charge in [0.2, 0.25) is 0 Å². The summed E-state index contributed by atoms with van der Waals surface area (Å²) in [4.78, 5) is 2.68. The Labute approximate surface area is 118 Å². The van der Waals surface area contributed by atoms with Crippen molar-refractivity contribution in [3.63, 3.8) is 0 Å². The summed E-state index contributed by atoms with van der Waals surface area (Å²) in [5.74, 6) is 0. The second kappa shape index (κ2) is 7.66. The highest BCUT2D eigenvalue weighted by Gasteiger charge is 2.30. The number of fused-ring (bicyclic) bond motifs is 1. The molecule has 2 heteroatoms. The van der Waals surface area contributed by atoms with E-state index >= 15 is 0 Å². The highest BCUT2D eigenvalue weighted by atomic mass is 15.2. The van der Waals surface area contributed by atoms with E-state index in [-0.39, 0.29) is 0 Å². The first kappa shape index (κ1) is 14.5. The molecule has 0 radical (unpaired) electrons. The number of allylic oxidation sites excluding steroid dienone is 4. The van der Waals surface area contributed by atoms with Crippen molar-refractivity contribution in [2.75, 3.05) is 26.2 Å². The number of nitrogens with zero attached hydrogens (tertiary/aromatic N) is 1. The second-order valence-electron chi connectivity index (χ2n) is 5.17. The fraction of sp³-hybridized carbons (Fsp3) is 0.647. The number of hydrogen-bond acceptors (Lipinski definition) is 2. The van der Waals surface area contributed by atoms with Crippen LogP contribution in [-0.4, -0.2) is 37.1 Å². The molecular formula is C17H28N2. The Balaban J connectivity index is 0.000000637. The molecule has 1 N–H and O–H groups in total.